The largest absolute Gasteiger partial charge is 0.287 e. The van der Waals surface area contributed by atoms with Crippen molar-refractivity contribution in [3.8, 4) is 0 Å². The molecule has 0 aliphatic heterocycles. The Morgan fingerprint density at radius 1 is 0.408 bits per heavy atom. The fourth-order valence-electron chi connectivity index (χ4n) is 7.99. The zero-order valence-electron chi connectivity index (χ0n) is 34.5. The number of carbonyl (C=O) groups excluding carboxylic acids is 1. The van der Waals surface area contributed by atoms with Crippen molar-refractivity contribution < 1.29 is 97.2 Å². The van der Waals surface area contributed by atoms with Gasteiger partial charge in [0.15, 0.2) is 82.2 Å². The Bertz CT molecular complexity index is 3080. The SMILES string of the molecule is Fc1c(F)c(F)c([B-](c2c(F)c(F)c(F)c(F)c2F)(c2c(F)c(F)c(F)c(F)c2F)c2c(F)c(F)c(F)c(F)c2F)c(F)c1F.O=C(C[n+]1ccnc(Cc2ccc3ccccc3c2)c1)c1ccccc1. The molecule has 8 aromatic rings. The molecule has 8 rings (SSSR count). The summed E-state index contributed by atoms with van der Waals surface area (Å²) in [4.78, 5) is 16.9. The third kappa shape index (κ3) is 8.57. The van der Waals surface area contributed by atoms with Gasteiger partial charge in [-0.2, -0.15) is 4.57 Å². The second-order valence-electron chi connectivity index (χ2n) is 15.2. The highest BCUT2D eigenvalue weighted by Gasteiger charge is 2.52. The lowest BCUT2D eigenvalue weighted by atomic mass is 9.12. The van der Waals surface area contributed by atoms with Crippen LogP contribution in [0.5, 0.6) is 0 Å². The Labute approximate surface area is 383 Å². The number of rotatable bonds is 9. The number of fused-ring (bicyclic) bond motifs is 1. The lowest BCUT2D eigenvalue weighted by Crippen LogP contribution is -2.81. The Kier molecular flexibility index (Phi) is 14.1. The van der Waals surface area contributed by atoms with Crippen LogP contribution in [0.3, 0.4) is 0 Å². The summed E-state index contributed by atoms with van der Waals surface area (Å²) in [5, 5.41) is 2.47. The molecule has 0 atom stereocenters. The van der Waals surface area contributed by atoms with E-state index in [0.717, 1.165) is 17.7 Å². The first-order chi connectivity index (χ1) is 33.5. The van der Waals surface area contributed by atoms with Gasteiger partial charge in [-0.15, -0.1) is 21.9 Å². The number of aromatic nitrogens is 2. The van der Waals surface area contributed by atoms with E-state index in [1.165, 1.54) is 16.3 Å². The molecule has 0 bridgehead atoms. The lowest BCUT2D eigenvalue weighted by Gasteiger charge is -2.44. The highest BCUT2D eigenvalue weighted by Crippen LogP contribution is 2.31. The van der Waals surface area contributed by atoms with Gasteiger partial charge in [-0.05, 0) is 16.3 Å². The summed E-state index contributed by atoms with van der Waals surface area (Å²) in [6, 6.07) is 24.2. The number of hydrogen-bond acceptors (Lipinski definition) is 2. The van der Waals surface area contributed by atoms with Crippen molar-refractivity contribution in [3.05, 3.63) is 225 Å². The molecule has 0 unspecified atom stereocenters. The quantitative estimate of drug-likeness (QED) is 0.0361. The number of ketones is 1. The number of hydrogen-bond donors (Lipinski definition) is 0. The maximum absolute atomic E-state index is 15.4. The molecule has 24 heteroatoms. The van der Waals surface area contributed by atoms with Crippen molar-refractivity contribution in [2.45, 2.75) is 13.0 Å². The van der Waals surface area contributed by atoms with Crippen molar-refractivity contribution in [1.82, 2.24) is 4.98 Å². The van der Waals surface area contributed by atoms with Crippen molar-refractivity contribution >= 4 is 44.6 Å². The fourth-order valence-corrected chi connectivity index (χ4v) is 7.99. The van der Waals surface area contributed by atoms with Gasteiger partial charge in [-0.25, -0.2) is 92.8 Å². The summed E-state index contributed by atoms with van der Waals surface area (Å²) in [6.07, 6.45) is -0.925. The van der Waals surface area contributed by atoms with Crippen molar-refractivity contribution in [2.24, 2.45) is 0 Å². The van der Waals surface area contributed by atoms with Crippen LogP contribution in [0.1, 0.15) is 21.6 Å². The van der Waals surface area contributed by atoms with E-state index in [1.54, 1.807) is 6.20 Å². The van der Waals surface area contributed by atoms with Crippen LogP contribution in [0, 0.1) is 116 Å². The first-order valence-corrected chi connectivity index (χ1v) is 19.6. The molecule has 71 heavy (non-hydrogen) atoms. The van der Waals surface area contributed by atoms with Crippen LogP contribution in [0.15, 0.2) is 91.4 Å². The zero-order chi connectivity index (χ0) is 52.1. The molecular formula is C47H19BF20N2O. The van der Waals surface area contributed by atoms with Gasteiger partial charge in [0.05, 0.1) is 6.20 Å². The normalized spacial score (nSPS) is 11.5. The van der Waals surface area contributed by atoms with Gasteiger partial charge >= 0.3 is 0 Å². The molecule has 0 saturated heterocycles. The summed E-state index contributed by atoms with van der Waals surface area (Å²) < 4.78 is 296. The maximum atomic E-state index is 15.4. The van der Waals surface area contributed by atoms with Gasteiger partial charge in [0.25, 0.3) is 0 Å². The number of Topliss-reactive ketones (excluding diaryl/α,β-unsaturated/α-hetero) is 1. The number of nitrogens with zero attached hydrogens (tertiary/aromatic N) is 2. The second-order valence-corrected chi connectivity index (χ2v) is 15.2. The molecule has 7 aromatic carbocycles. The summed E-state index contributed by atoms with van der Waals surface area (Å²) in [5.74, 6) is -71.3. The summed E-state index contributed by atoms with van der Waals surface area (Å²) >= 11 is 0. The van der Waals surface area contributed by atoms with E-state index in [1.807, 2.05) is 53.4 Å². The molecule has 0 spiro atoms. The standard InChI is InChI=1S/C24BF20.C23H19N2O/c26-5-1(6(27)14(35)21(42)13(5)34)25(2-7(28)15(36)22(43)16(37)8(2)29,3-9(30)17(38)23(44)18(39)10(3)31)4-11(32)19(40)24(45)20(41)12(4)33;26-23(20-7-2-1-3-8-20)17-25-13-12-24-22(16-25)15-18-10-11-19-6-4-5-9-21(19)14-18/h;1-14,16H,15,17H2/q-1;+1. The van der Waals surface area contributed by atoms with E-state index >= 15 is 35.1 Å². The molecule has 1 heterocycles. The Balaban J connectivity index is 0.000000240. The van der Waals surface area contributed by atoms with Crippen LogP contribution in [-0.2, 0) is 13.0 Å². The van der Waals surface area contributed by atoms with E-state index in [2.05, 4.69) is 41.4 Å². The summed E-state index contributed by atoms with van der Waals surface area (Å²) in [5.41, 5.74) is -11.4. The first-order valence-electron chi connectivity index (χ1n) is 19.6. The van der Waals surface area contributed by atoms with Crippen molar-refractivity contribution in [1.29, 1.82) is 0 Å². The van der Waals surface area contributed by atoms with Gasteiger partial charge in [0.2, 0.25) is 12.3 Å². The molecule has 0 fully saturated rings. The van der Waals surface area contributed by atoms with E-state index in [-0.39, 0.29) is 5.78 Å². The predicted molar refractivity (Wildman–Crippen MR) is 211 cm³/mol. The minimum Gasteiger partial charge on any atom is -0.287 e. The average molecular weight is 1020 g/mol. The van der Waals surface area contributed by atoms with Crippen LogP contribution in [0.4, 0.5) is 87.8 Å². The summed E-state index contributed by atoms with van der Waals surface area (Å²) in [6.45, 7) is 0.317. The zero-order valence-corrected chi connectivity index (χ0v) is 34.5. The van der Waals surface area contributed by atoms with Crippen molar-refractivity contribution in [3.63, 3.8) is 0 Å². The van der Waals surface area contributed by atoms with E-state index in [4.69, 9.17) is 0 Å². The van der Waals surface area contributed by atoms with Crippen LogP contribution >= 0.6 is 0 Å². The number of carbonyl (C=O) groups is 1. The van der Waals surface area contributed by atoms with E-state index in [0.29, 0.717) is 6.54 Å². The van der Waals surface area contributed by atoms with E-state index < -0.39 is 144 Å². The molecule has 0 amide bonds. The lowest BCUT2D eigenvalue weighted by molar-refractivity contribution is -0.684. The molecule has 0 aliphatic rings. The topological polar surface area (TPSA) is 33.8 Å². The molecule has 0 N–H and O–H groups in total. The van der Waals surface area contributed by atoms with Gasteiger partial charge < -0.3 is 0 Å². The first kappa shape index (κ1) is 51.1. The minimum absolute atomic E-state index is 0.0958. The fraction of sp³-hybridized carbons (Fsp3) is 0.0426. The summed E-state index contributed by atoms with van der Waals surface area (Å²) in [7, 11) is 0. The molecule has 366 valence electrons. The van der Waals surface area contributed by atoms with Gasteiger partial charge in [0, 0.05) is 12.0 Å². The molecular weight excluding hydrogens is 999 g/mol. The van der Waals surface area contributed by atoms with Gasteiger partial charge in [-0.1, -0.05) is 72.8 Å². The van der Waals surface area contributed by atoms with Crippen molar-refractivity contribution in [2.75, 3.05) is 0 Å². The van der Waals surface area contributed by atoms with Crippen LogP contribution in [0.2, 0.25) is 0 Å². The third-order valence-corrected chi connectivity index (χ3v) is 11.1. The Hall–Kier alpha value is -7.79. The smallest absolute Gasteiger partial charge is 0.227 e. The maximum Gasteiger partial charge on any atom is 0.227 e. The van der Waals surface area contributed by atoms with Gasteiger partial charge in [-0.3, -0.25) is 4.79 Å². The molecule has 0 saturated carbocycles. The Morgan fingerprint density at radius 3 is 1.13 bits per heavy atom. The highest BCUT2D eigenvalue weighted by atomic mass is 19.2. The average Bonchev–Trinajstić information content (AvgIpc) is 3.36. The Morgan fingerprint density at radius 2 is 0.746 bits per heavy atom. The monoisotopic (exact) mass is 1020 g/mol. The van der Waals surface area contributed by atoms with E-state index in [9.17, 15) is 57.5 Å². The molecule has 0 aliphatic carbocycles. The molecule has 1 aromatic heterocycles. The van der Waals surface area contributed by atoms with Crippen LogP contribution in [0.25, 0.3) is 10.8 Å². The van der Waals surface area contributed by atoms with Crippen LogP contribution < -0.4 is 26.4 Å². The predicted octanol–water partition coefficient (Wildman–Crippen LogP) is 9.84. The third-order valence-electron chi connectivity index (χ3n) is 11.1. The molecule has 3 nitrogen and oxygen atoms in total. The second kappa shape index (κ2) is 19.5. The minimum atomic E-state index is -7.22. The number of benzene rings is 7. The van der Waals surface area contributed by atoms with Gasteiger partial charge in [0.1, 0.15) is 58.4 Å². The van der Waals surface area contributed by atoms with Crippen LogP contribution in [-0.4, -0.2) is 16.9 Å². The highest BCUT2D eigenvalue weighted by molar-refractivity contribution is 7.20. The number of halogens is 20. The molecule has 0 radical (unpaired) electrons.